The largest absolute Gasteiger partial charge is 0.309 e. The molecule has 0 atom stereocenters. The van der Waals surface area contributed by atoms with Crippen molar-refractivity contribution in [1.82, 2.24) is 9.97 Å². The van der Waals surface area contributed by atoms with Crippen LogP contribution in [0.5, 0.6) is 0 Å². The maximum Gasteiger partial charge on any atom is 0.265 e. The van der Waals surface area contributed by atoms with E-state index in [0.29, 0.717) is 28.8 Å². The zero-order chi connectivity index (χ0) is 13.1. The van der Waals surface area contributed by atoms with E-state index >= 15 is 0 Å². The molecule has 94 valence electrons. The Morgan fingerprint density at radius 3 is 2.89 bits per heavy atom. The maximum absolute atomic E-state index is 13.1. The van der Waals surface area contributed by atoms with Gasteiger partial charge in [0.25, 0.3) is 5.56 Å². The summed E-state index contributed by atoms with van der Waals surface area (Å²) < 4.78 is 13.5. The maximum atomic E-state index is 13.1. The minimum atomic E-state index is -0.289. The fourth-order valence-electron chi connectivity index (χ4n) is 1.72. The molecule has 0 aliphatic rings. The molecule has 18 heavy (non-hydrogen) atoms. The van der Waals surface area contributed by atoms with Gasteiger partial charge in [-0.2, -0.15) is 0 Å². The van der Waals surface area contributed by atoms with Crippen molar-refractivity contribution in [2.75, 3.05) is 0 Å². The number of rotatable bonds is 3. The SMILES string of the molecule is CCc1nc(Cc2cccc(F)c2)[nH]c(=O)c1Br. The number of H-pyrrole nitrogens is 1. The predicted molar refractivity (Wildman–Crippen MR) is 71.1 cm³/mol. The quantitative estimate of drug-likeness (QED) is 0.947. The van der Waals surface area contributed by atoms with E-state index in [1.54, 1.807) is 12.1 Å². The number of hydrogen-bond donors (Lipinski definition) is 1. The molecular weight excluding hydrogens is 299 g/mol. The van der Waals surface area contributed by atoms with Gasteiger partial charge in [-0.15, -0.1) is 0 Å². The molecule has 0 saturated carbocycles. The van der Waals surface area contributed by atoms with Gasteiger partial charge in [0.1, 0.15) is 16.1 Å². The van der Waals surface area contributed by atoms with E-state index in [9.17, 15) is 9.18 Å². The molecule has 0 radical (unpaired) electrons. The third kappa shape index (κ3) is 2.85. The Morgan fingerprint density at radius 2 is 2.22 bits per heavy atom. The van der Waals surface area contributed by atoms with Crippen LogP contribution in [-0.4, -0.2) is 9.97 Å². The number of aromatic nitrogens is 2. The number of hydrogen-bond acceptors (Lipinski definition) is 2. The monoisotopic (exact) mass is 310 g/mol. The molecule has 0 fully saturated rings. The number of halogens is 2. The lowest BCUT2D eigenvalue weighted by Crippen LogP contribution is -2.15. The van der Waals surface area contributed by atoms with E-state index in [0.717, 1.165) is 5.56 Å². The Balaban J connectivity index is 2.35. The first-order valence-electron chi connectivity index (χ1n) is 5.62. The van der Waals surface area contributed by atoms with Gasteiger partial charge in [-0.3, -0.25) is 4.79 Å². The van der Waals surface area contributed by atoms with E-state index < -0.39 is 0 Å². The van der Waals surface area contributed by atoms with Crippen molar-refractivity contribution in [2.45, 2.75) is 19.8 Å². The van der Waals surface area contributed by atoms with Crippen molar-refractivity contribution in [1.29, 1.82) is 0 Å². The van der Waals surface area contributed by atoms with E-state index in [4.69, 9.17) is 0 Å². The Bertz CT molecular complexity index is 625. The van der Waals surface area contributed by atoms with Crippen LogP contribution in [0.15, 0.2) is 33.5 Å². The third-order valence-corrected chi connectivity index (χ3v) is 3.39. The Kier molecular flexibility index (Phi) is 3.91. The zero-order valence-corrected chi connectivity index (χ0v) is 11.4. The van der Waals surface area contributed by atoms with Gasteiger partial charge in [-0.1, -0.05) is 19.1 Å². The fraction of sp³-hybridized carbons (Fsp3) is 0.231. The molecule has 1 heterocycles. The normalized spacial score (nSPS) is 10.6. The second-order valence-corrected chi connectivity index (χ2v) is 4.73. The van der Waals surface area contributed by atoms with E-state index in [1.807, 2.05) is 6.92 Å². The van der Waals surface area contributed by atoms with Crippen LogP contribution in [0.2, 0.25) is 0 Å². The van der Waals surface area contributed by atoms with Gasteiger partial charge in [-0.05, 0) is 40.0 Å². The van der Waals surface area contributed by atoms with Crippen LogP contribution in [0, 0.1) is 5.82 Å². The molecule has 0 aliphatic carbocycles. The number of aromatic amines is 1. The molecule has 0 amide bonds. The first-order valence-corrected chi connectivity index (χ1v) is 6.41. The average molecular weight is 311 g/mol. The number of aryl methyl sites for hydroxylation is 1. The topological polar surface area (TPSA) is 45.8 Å². The zero-order valence-electron chi connectivity index (χ0n) is 9.84. The fourth-order valence-corrected chi connectivity index (χ4v) is 2.18. The summed E-state index contributed by atoms with van der Waals surface area (Å²) in [5.41, 5.74) is 1.29. The average Bonchev–Trinajstić information content (AvgIpc) is 2.33. The predicted octanol–water partition coefficient (Wildman–Crippen LogP) is 2.82. The van der Waals surface area contributed by atoms with Crippen LogP contribution in [-0.2, 0) is 12.8 Å². The molecule has 0 bridgehead atoms. The standard InChI is InChI=1S/C13H12BrFN2O/c1-2-10-12(14)13(18)17-11(16-10)7-8-4-3-5-9(15)6-8/h3-6H,2,7H2,1H3,(H,16,17,18). The van der Waals surface area contributed by atoms with Gasteiger partial charge in [0.2, 0.25) is 0 Å². The molecule has 0 unspecified atom stereocenters. The van der Waals surface area contributed by atoms with Crippen LogP contribution in [0.25, 0.3) is 0 Å². The van der Waals surface area contributed by atoms with Crippen LogP contribution < -0.4 is 5.56 Å². The highest BCUT2D eigenvalue weighted by Gasteiger charge is 2.08. The summed E-state index contributed by atoms with van der Waals surface area (Å²) in [6.07, 6.45) is 1.08. The van der Waals surface area contributed by atoms with E-state index in [1.165, 1.54) is 12.1 Å². The van der Waals surface area contributed by atoms with Crippen molar-refractivity contribution in [3.63, 3.8) is 0 Å². The van der Waals surface area contributed by atoms with Gasteiger partial charge in [0, 0.05) is 6.42 Å². The van der Waals surface area contributed by atoms with Crippen molar-refractivity contribution >= 4 is 15.9 Å². The highest BCUT2D eigenvalue weighted by Crippen LogP contribution is 2.12. The first-order chi connectivity index (χ1) is 8.60. The summed E-state index contributed by atoms with van der Waals surface area (Å²) in [6, 6.07) is 6.27. The lowest BCUT2D eigenvalue weighted by atomic mass is 10.1. The molecule has 1 aromatic carbocycles. The first kappa shape index (κ1) is 13.0. The van der Waals surface area contributed by atoms with Gasteiger partial charge in [0.05, 0.1) is 5.69 Å². The summed E-state index contributed by atoms with van der Waals surface area (Å²) in [4.78, 5) is 18.7. The Morgan fingerprint density at radius 1 is 1.44 bits per heavy atom. The third-order valence-electron chi connectivity index (χ3n) is 2.58. The van der Waals surface area contributed by atoms with Crippen LogP contribution in [0.1, 0.15) is 24.0 Å². The molecule has 2 aromatic rings. The van der Waals surface area contributed by atoms with Crippen molar-refractivity contribution in [3.05, 3.63) is 62.0 Å². The van der Waals surface area contributed by atoms with Crippen molar-refractivity contribution < 1.29 is 4.39 Å². The van der Waals surface area contributed by atoms with Crippen LogP contribution >= 0.6 is 15.9 Å². The lowest BCUT2D eigenvalue weighted by molar-refractivity contribution is 0.625. The van der Waals surface area contributed by atoms with Gasteiger partial charge in [0.15, 0.2) is 0 Å². The molecular formula is C13H12BrFN2O. The highest BCUT2D eigenvalue weighted by molar-refractivity contribution is 9.10. The summed E-state index contributed by atoms with van der Waals surface area (Å²) in [6.45, 7) is 1.93. The van der Waals surface area contributed by atoms with Crippen molar-refractivity contribution in [3.8, 4) is 0 Å². The molecule has 0 saturated heterocycles. The highest BCUT2D eigenvalue weighted by atomic mass is 79.9. The molecule has 5 heteroatoms. The van der Waals surface area contributed by atoms with Crippen molar-refractivity contribution in [2.24, 2.45) is 0 Å². The van der Waals surface area contributed by atoms with Gasteiger partial charge < -0.3 is 4.98 Å². The number of nitrogens with one attached hydrogen (secondary N) is 1. The minimum Gasteiger partial charge on any atom is -0.309 e. The van der Waals surface area contributed by atoms with Crippen LogP contribution in [0.3, 0.4) is 0 Å². The summed E-state index contributed by atoms with van der Waals surface area (Å²) >= 11 is 3.21. The summed E-state index contributed by atoms with van der Waals surface area (Å²) in [7, 11) is 0. The Labute approximate surface area is 112 Å². The number of nitrogens with zero attached hydrogens (tertiary/aromatic N) is 1. The molecule has 0 aliphatic heterocycles. The second kappa shape index (κ2) is 5.44. The van der Waals surface area contributed by atoms with E-state index in [2.05, 4.69) is 25.9 Å². The van der Waals surface area contributed by atoms with E-state index in [-0.39, 0.29) is 11.4 Å². The second-order valence-electron chi connectivity index (χ2n) is 3.93. The lowest BCUT2D eigenvalue weighted by Gasteiger charge is -2.05. The molecule has 1 aromatic heterocycles. The minimum absolute atomic E-state index is 0.201. The molecule has 0 spiro atoms. The van der Waals surface area contributed by atoms with Gasteiger partial charge >= 0.3 is 0 Å². The molecule has 1 N–H and O–H groups in total. The smallest absolute Gasteiger partial charge is 0.265 e. The van der Waals surface area contributed by atoms with Gasteiger partial charge in [-0.25, -0.2) is 9.37 Å². The Hall–Kier alpha value is -1.49. The number of benzene rings is 1. The molecule has 2 rings (SSSR count). The summed E-state index contributed by atoms with van der Waals surface area (Å²) in [5, 5.41) is 0. The van der Waals surface area contributed by atoms with Crippen LogP contribution in [0.4, 0.5) is 4.39 Å². The molecule has 3 nitrogen and oxygen atoms in total. The summed E-state index contributed by atoms with van der Waals surface area (Å²) in [5.74, 6) is 0.258.